The maximum atomic E-state index is 12.8. The fourth-order valence-corrected chi connectivity index (χ4v) is 4.99. The Bertz CT molecular complexity index is 1660. The number of sulfone groups is 1. The summed E-state index contributed by atoms with van der Waals surface area (Å²) in [5.41, 5.74) is 2.51. The molecule has 178 valence electrons. The van der Waals surface area contributed by atoms with E-state index in [-0.39, 0.29) is 28.7 Å². The first kappa shape index (κ1) is 22.3. The monoisotopic (exact) mass is 494 g/mol. The van der Waals surface area contributed by atoms with E-state index in [9.17, 15) is 18.4 Å². The summed E-state index contributed by atoms with van der Waals surface area (Å²) < 4.78 is 40.5. The number of H-pyrrole nitrogens is 1. The molecule has 3 aromatic heterocycles. The van der Waals surface area contributed by atoms with E-state index in [2.05, 4.69) is 19.8 Å². The first-order valence-corrected chi connectivity index (χ1v) is 11.9. The van der Waals surface area contributed by atoms with Gasteiger partial charge in [-0.1, -0.05) is 36.4 Å². The van der Waals surface area contributed by atoms with Crippen molar-refractivity contribution in [3.05, 3.63) is 77.3 Å². The van der Waals surface area contributed by atoms with Crippen LogP contribution in [0.15, 0.2) is 75.2 Å². The number of ether oxygens (including phenoxy) is 2. The van der Waals surface area contributed by atoms with Gasteiger partial charge < -0.3 is 19.7 Å². The van der Waals surface area contributed by atoms with Gasteiger partial charge in [0.1, 0.15) is 18.9 Å². The van der Waals surface area contributed by atoms with Crippen LogP contribution in [0.3, 0.4) is 0 Å². The topological polar surface area (TPSA) is 151 Å². The summed E-state index contributed by atoms with van der Waals surface area (Å²) in [6, 6.07) is 16.7. The number of para-hydroxylation sites is 1. The van der Waals surface area contributed by atoms with Crippen LogP contribution < -0.4 is 9.64 Å². The number of carbonyl (C=O) groups is 1. The van der Waals surface area contributed by atoms with Crippen LogP contribution in [0.4, 0.5) is 0 Å². The number of hydrogen-bond acceptors (Lipinski definition) is 9. The van der Waals surface area contributed by atoms with Gasteiger partial charge in [0.15, 0.2) is 0 Å². The molecule has 0 aliphatic carbocycles. The molecular formula is C23H18N4O7S. The van der Waals surface area contributed by atoms with E-state index in [1.54, 1.807) is 19.1 Å². The molecule has 0 aliphatic heterocycles. The predicted octanol–water partition coefficient (Wildman–Crippen LogP) is 2.71. The number of aromatic amines is 1. The van der Waals surface area contributed by atoms with E-state index < -0.39 is 26.7 Å². The molecule has 0 fully saturated rings. The number of fused-ring (bicyclic) bond motifs is 3. The van der Waals surface area contributed by atoms with Crippen LogP contribution in [0, 0.1) is 12.1 Å². The minimum absolute atomic E-state index is 0.117. The van der Waals surface area contributed by atoms with Crippen molar-refractivity contribution >= 4 is 37.6 Å². The van der Waals surface area contributed by atoms with Crippen LogP contribution in [0.5, 0.6) is 5.88 Å². The smallest absolute Gasteiger partial charge is 0.415 e. The molecule has 5 rings (SSSR count). The number of benzene rings is 2. The van der Waals surface area contributed by atoms with Crippen LogP contribution in [-0.2, 0) is 14.6 Å². The third-order valence-corrected chi connectivity index (χ3v) is 7.02. The number of hydrogen-bond donors (Lipinski definition) is 1. The van der Waals surface area contributed by atoms with E-state index in [0.717, 1.165) is 21.8 Å². The van der Waals surface area contributed by atoms with Crippen LogP contribution in [0.2, 0.25) is 0 Å². The normalized spacial score (nSPS) is 11.7. The van der Waals surface area contributed by atoms with Crippen molar-refractivity contribution in [2.45, 2.75) is 16.8 Å². The van der Waals surface area contributed by atoms with E-state index in [4.69, 9.17) is 9.47 Å². The third-order valence-electron chi connectivity index (χ3n) is 5.30. The molecule has 0 saturated carbocycles. The highest BCUT2D eigenvalue weighted by atomic mass is 32.2. The second-order valence-corrected chi connectivity index (χ2v) is 9.39. The number of aryl methyl sites for hydroxylation is 1. The van der Waals surface area contributed by atoms with Gasteiger partial charge in [-0.15, -0.1) is 0 Å². The SMILES string of the molecule is Cc1nc(C(=O)OCCOc2no[n+]([O-])c2S(=O)(=O)c2ccccc2)cc2c1[nH]c1ccccc12. The third kappa shape index (κ3) is 4.04. The molecule has 2 aromatic carbocycles. The van der Waals surface area contributed by atoms with Crippen LogP contribution in [-0.4, -0.2) is 42.7 Å². The second kappa shape index (κ2) is 8.72. The zero-order chi connectivity index (χ0) is 24.6. The van der Waals surface area contributed by atoms with E-state index in [0.29, 0.717) is 5.69 Å². The fourth-order valence-electron chi connectivity index (χ4n) is 3.70. The highest BCUT2D eigenvalue weighted by Gasteiger charge is 2.35. The zero-order valence-electron chi connectivity index (χ0n) is 18.3. The molecule has 0 aliphatic rings. The number of carbonyl (C=O) groups excluding carboxylic acids is 1. The molecule has 35 heavy (non-hydrogen) atoms. The molecule has 0 spiro atoms. The molecule has 0 bridgehead atoms. The van der Waals surface area contributed by atoms with Crippen LogP contribution >= 0.6 is 0 Å². The molecule has 5 aromatic rings. The number of nitrogens with zero attached hydrogens (tertiary/aromatic N) is 3. The minimum atomic E-state index is -4.24. The molecule has 3 heterocycles. The van der Waals surface area contributed by atoms with Gasteiger partial charge in [0.2, 0.25) is 0 Å². The summed E-state index contributed by atoms with van der Waals surface area (Å²) >= 11 is 0. The lowest BCUT2D eigenvalue weighted by molar-refractivity contribution is -0.832. The molecule has 1 N–H and O–H groups in total. The summed E-state index contributed by atoms with van der Waals surface area (Å²) in [6.45, 7) is 1.26. The van der Waals surface area contributed by atoms with Gasteiger partial charge in [-0.3, -0.25) is 4.63 Å². The maximum Gasteiger partial charge on any atom is 0.415 e. The Balaban J connectivity index is 1.29. The average Bonchev–Trinajstić information content (AvgIpc) is 3.43. The highest BCUT2D eigenvalue weighted by molar-refractivity contribution is 7.91. The summed E-state index contributed by atoms with van der Waals surface area (Å²) in [6.07, 6.45) is 0. The Labute approximate surface area is 198 Å². The quantitative estimate of drug-likeness (QED) is 0.204. The lowest BCUT2D eigenvalue weighted by Gasteiger charge is -2.06. The standard InChI is InChI=1S/C23H18N4O7S/c1-14-20-17(16-9-5-6-10-18(16)25-20)13-19(24-14)23(28)33-12-11-32-21-22(27(29)34-26-21)35(30,31)15-7-3-2-4-8-15/h2-10,13,25H,11-12H2,1H3. The van der Waals surface area contributed by atoms with Gasteiger partial charge in [0.05, 0.1) is 21.3 Å². The molecule has 0 saturated heterocycles. The van der Waals surface area contributed by atoms with Crippen molar-refractivity contribution in [3.8, 4) is 5.88 Å². The number of esters is 1. The van der Waals surface area contributed by atoms with Crippen molar-refractivity contribution in [2.75, 3.05) is 13.2 Å². The maximum absolute atomic E-state index is 12.8. The zero-order valence-corrected chi connectivity index (χ0v) is 19.1. The van der Waals surface area contributed by atoms with E-state index in [1.807, 2.05) is 24.3 Å². The number of rotatable bonds is 7. The van der Waals surface area contributed by atoms with Gasteiger partial charge in [0, 0.05) is 16.3 Å². The van der Waals surface area contributed by atoms with E-state index in [1.165, 1.54) is 24.3 Å². The average molecular weight is 494 g/mol. The Kier molecular flexibility index (Phi) is 5.57. The number of nitrogens with one attached hydrogen (secondary N) is 1. The van der Waals surface area contributed by atoms with Gasteiger partial charge in [0.25, 0.3) is 9.84 Å². The fraction of sp³-hybridized carbons (Fsp3) is 0.130. The Morgan fingerprint density at radius 3 is 2.63 bits per heavy atom. The van der Waals surface area contributed by atoms with Crippen molar-refractivity contribution < 1.29 is 32.2 Å². The number of pyridine rings is 1. The largest absolute Gasteiger partial charge is 0.457 e. The predicted molar refractivity (Wildman–Crippen MR) is 121 cm³/mol. The molecule has 0 amide bonds. The Morgan fingerprint density at radius 2 is 1.83 bits per heavy atom. The van der Waals surface area contributed by atoms with Gasteiger partial charge in [-0.2, -0.15) is 0 Å². The molecule has 0 unspecified atom stereocenters. The van der Waals surface area contributed by atoms with Crippen LogP contribution in [0.1, 0.15) is 16.2 Å². The number of aromatic nitrogens is 4. The van der Waals surface area contributed by atoms with Crippen LogP contribution in [0.25, 0.3) is 21.8 Å². The Hall–Kier alpha value is -4.45. The second-order valence-electron chi connectivity index (χ2n) is 7.53. The highest BCUT2D eigenvalue weighted by Crippen LogP contribution is 2.28. The lowest BCUT2D eigenvalue weighted by atomic mass is 10.1. The molecular weight excluding hydrogens is 476 g/mol. The molecule has 0 radical (unpaired) electrons. The van der Waals surface area contributed by atoms with Gasteiger partial charge in [-0.25, -0.2) is 18.2 Å². The first-order valence-electron chi connectivity index (χ1n) is 10.4. The van der Waals surface area contributed by atoms with Crippen molar-refractivity contribution in [3.63, 3.8) is 0 Å². The molecule has 0 atom stereocenters. The Morgan fingerprint density at radius 1 is 1.09 bits per heavy atom. The summed E-state index contributed by atoms with van der Waals surface area (Å²) in [4.78, 5) is 19.8. The van der Waals surface area contributed by atoms with Gasteiger partial charge in [-0.05, 0) is 36.1 Å². The minimum Gasteiger partial charge on any atom is -0.457 e. The van der Waals surface area contributed by atoms with E-state index >= 15 is 0 Å². The summed E-state index contributed by atoms with van der Waals surface area (Å²) in [5, 5.41) is 16.3. The first-order chi connectivity index (χ1) is 16.9. The summed E-state index contributed by atoms with van der Waals surface area (Å²) in [7, 11) is -4.24. The lowest BCUT2D eigenvalue weighted by Crippen LogP contribution is -2.31. The molecule has 11 nitrogen and oxygen atoms in total. The van der Waals surface area contributed by atoms with Crippen molar-refractivity contribution in [1.29, 1.82) is 0 Å². The van der Waals surface area contributed by atoms with Gasteiger partial charge >= 0.3 is 16.9 Å². The molecule has 12 heteroatoms. The summed E-state index contributed by atoms with van der Waals surface area (Å²) in [5.74, 6) is -1.21. The van der Waals surface area contributed by atoms with Crippen molar-refractivity contribution in [2.24, 2.45) is 0 Å². The van der Waals surface area contributed by atoms with Crippen molar-refractivity contribution in [1.82, 2.24) is 15.1 Å².